The second-order valence-corrected chi connectivity index (χ2v) is 4.62. The highest BCUT2D eigenvalue weighted by atomic mass is 35.5. The first-order chi connectivity index (χ1) is 9.60. The number of carbonyl (C=O) groups is 1. The van der Waals surface area contributed by atoms with E-state index in [1.54, 1.807) is 30.3 Å². The molecule has 20 heavy (non-hydrogen) atoms. The third-order valence-corrected chi connectivity index (χ3v) is 2.92. The zero-order valence-electron chi connectivity index (χ0n) is 10.9. The normalized spacial score (nSPS) is 10.2. The van der Waals surface area contributed by atoms with Crippen LogP contribution in [0.2, 0.25) is 5.02 Å². The molecule has 0 saturated carbocycles. The van der Waals surface area contributed by atoms with Gasteiger partial charge in [-0.25, -0.2) is 10.8 Å². The Morgan fingerprint density at radius 3 is 2.90 bits per heavy atom. The maximum atomic E-state index is 11.4. The standard InChI is InChI=1S/C14H14ClN3O2/c1-9-7-10(15)5-6-13(9)20-8-11-3-2-4-12(17-11)14(19)18-16/h2-7H,8,16H2,1H3,(H,18,19). The number of ether oxygens (including phenoxy) is 1. The molecule has 2 aromatic rings. The van der Waals surface area contributed by atoms with E-state index < -0.39 is 5.91 Å². The van der Waals surface area contributed by atoms with Crippen molar-refractivity contribution in [3.63, 3.8) is 0 Å². The van der Waals surface area contributed by atoms with Crippen molar-refractivity contribution in [2.24, 2.45) is 5.84 Å². The van der Waals surface area contributed by atoms with E-state index in [2.05, 4.69) is 4.98 Å². The second-order valence-electron chi connectivity index (χ2n) is 4.19. The minimum absolute atomic E-state index is 0.251. The zero-order chi connectivity index (χ0) is 14.5. The number of carbonyl (C=O) groups excluding carboxylic acids is 1. The Bertz CT molecular complexity index is 632. The van der Waals surface area contributed by atoms with Gasteiger partial charge in [0.1, 0.15) is 18.1 Å². The Hall–Kier alpha value is -2.11. The molecule has 0 bridgehead atoms. The Kier molecular flexibility index (Phi) is 4.55. The van der Waals surface area contributed by atoms with Gasteiger partial charge in [0.2, 0.25) is 0 Å². The lowest BCUT2D eigenvalue weighted by Crippen LogP contribution is -2.30. The number of nitrogens with zero attached hydrogens (tertiary/aromatic N) is 1. The number of nitrogen functional groups attached to an aromatic ring is 1. The molecule has 1 amide bonds. The number of hydrazine groups is 1. The SMILES string of the molecule is Cc1cc(Cl)ccc1OCc1cccc(C(=O)NN)n1. The zero-order valence-corrected chi connectivity index (χ0v) is 11.6. The van der Waals surface area contributed by atoms with Crippen molar-refractivity contribution in [1.82, 2.24) is 10.4 Å². The van der Waals surface area contributed by atoms with Crippen LogP contribution in [0.3, 0.4) is 0 Å². The first-order valence-electron chi connectivity index (χ1n) is 5.96. The van der Waals surface area contributed by atoms with Gasteiger partial charge in [0.05, 0.1) is 5.69 Å². The van der Waals surface area contributed by atoms with Crippen molar-refractivity contribution >= 4 is 17.5 Å². The number of nitrogens with one attached hydrogen (secondary N) is 1. The molecule has 1 aromatic carbocycles. The highest BCUT2D eigenvalue weighted by Gasteiger charge is 2.07. The Balaban J connectivity index is 2.09. The van der Waals surface area contributed by atoms with Crippen molar-refractivity contribution in [3.8, 4) is 5.75 Å². The number of pyridine rings is 1. The number of amides is 1. The number of aromatic nitrogens is 1. The molecule has 0 fully saturated rings. The van der Waals surface area contributed by atoms with Gasteiger partial charge in [0.25, 0.3) is 5.91 Å². The molecule has 0 atom stereocenters. The van der Waals surface area contributed by atoms with Gasteiger partial charge < -0.3 is 4.74 Å². The molecule has 0 aliphatic carbocycles. The minimum atomic E-state index is -0.436. The summed E-state index contributed by atoms with van der Waals surface area (Å²) in [7, 11) is 0. The first kappa shape index (κ1) is 14.3. The van der Waals surface area contributed by atoms with Gasteiger partial charge >= 0.3 is 0 Å². The van der Waals surface area contributed by atoms with Crippen molar-refractivity contribution in [1.29, 1.82) is 0 Å². The van der Waals surface area contributed by atoms with Gasteiger partial charge in [0, 0.05) is 5.02 Å². The minimum Gasteiger partial charge on any atom is -0.487 e. The fourth-order valence-electron chi connectivity index (χ4n) is 1.69. The summed E-state index contributed by atoms with van der Waals surface area (Å²) < 4.78 is 5.66. The van der Waals surface area contributed by atoms with Crippen molar-refractivity contribution in [2.75, 3.05) is 0 Å². The summed E-state index contributed by atoms with van der Waals surface area (Å²) in [6.45, 7) is 2.17. The van der Waals surface area contributed by atoms with Gasteiger partial charge in [-0.05, 0) is 42.8 Å². The van der Waals surface area contributed by atoms with E-state index >= 15 is 0 Å². The molecule has 2 rings (SSSR count). The molecule has 0 unspecified atom stereocenters. The molecule has 3 N–H and O–H groups in total. The molecular weight excluding hydrogens is 278 g/mol. The van der Waals surface area contributed by atoms with Gasteiger partial charge in [-0.3, -0.25) is 10.2 Å². The Morgan fingerprint density at radius 1 is 1.40 bits per heavy atom. The largest absolute Gasteiger partial charge is 0.487 e. The lowest BCUT2D eigenvalue weighted by Gasteiger charge is -2.09. The van der Waals surface area contributed by atoms with Crippen LogP contribution in [-0.4, -0.2) is 10.9 Å². The van der Waals surface area contributed by atoms with Crippen LogP contribution in [0.25, 0.3) is 0 Å². The smallest absolute Gasteiger partial charge is 0.283 e. The maximum Gasteiger partial charge on any atom is 0.283 e. The van der Waals surface area contributed by atoms with E-state index in [1.165, 1.54) is 0 Å². The summed E-state index contributed by atoms with van der Waals surface area (Å²) in [5, 5.41) is 0.662. The summed E-state index contributed by atoms with van der Waals surface area (Å²) >= 11 is 5.88. The summed E-state index contributed by atoms with van der Waals surface area (Å²) in [6, 6.07) is 10.5. The fourth-order valence-corrected chi connectivity index (χ4v) is 1.91. The number of nitrogens with two attached hydrogens (primary N) is 1. The van der Waals surface area contributed by atoms with Crippen LogP contribution in [0.4, 0.5) is 0 Å². The first-order valence-corrected chi connectivity index (χ1v) is 6.34. The highest BCUT2D eigenvalue weighted by molar-refractivity contribution is 6.30. The lowest BCUT2D eigenvalue weighted by atomic mass is 10.2. The van der Waals surface area contributed by atoms with Gasteiger partial charge in [-0.15, -0.1) is 0 Å². The van der Waals surface area contributed by atoms with Crippen LogP contribution in [0, 0.1) is 6.92 Å². The number of hydrogen-bond donors (Lipinski definition) is 2. The molecule has 1 aromatic heterocycles. The Labute approximate surface area is 121 Å². The maximum absolute atomic E-state index is 11.4. The van der Waals surface area contributed by atoms with Gasteiger partial charge in [0.15, 0.2) is 0 Å². The predicted molar refractivity (Wildman–Crippen MR) is 76.4 cm³/mol. The highest BCUT2D eigenvalue weighted by Crippen LogP contribution is 2.22. The van der Waals surface area contributed by atoms with Gasteiger partial charge in [-0.1, -0.05) is 17.7 Å². The number of hydrogen-bond acceptors (Lipinski definition) is 4. The molecular formula is C14H14ClN3O2. The summed E-state index contributed by atoms with van der Waals surface area (Å²) in [4.78, 5) is 15.5. The van der Waals surface area contributed by atoms with Crippen molar-refractivity contribution in [3.05, 3.63) is 58.4 Å². The third-order valence-electron chi connectivity index (χ3n) is 2.68. The van der Waals surface area contributed by atoms with E-state index in [0.29, 0.717) is 10.7 Å². The molecule has 0 saturated heterocycles. The van der Waals surface area contributed by atoms with Crippen LogP contribution in [-0.2, 0) is 6.61 Å². The Morgan fingerprint density at radius 2 is 2.20 bits per heavy atom. The summed E-state index contributed by atoms with van der Waals surface area (Å²) in [5.74, 6) is 5.36. The molecule has 0 aliphatic rings. The fraction of sp³-hybridized carbons (Fsp3) is 0.143. The second kappa shape index (κ2) is 6.36. The number of rotatable bonds is 4. The lowest BCUT2D eigenvalue weighted by molar-refractivity contribution is 0.0948. The van der Waals surface area contributed by atoms with Crippen LogP contribution in [0.5, 0.6) is 5.75 Å². The molecule has 104 valence electrons. The van der Waals surface area contributed by atoms with E-state index in [-0.39, 0.29) is 12.3 Å². The number of benzene rings is 1. The monoisotopic (exact) mass is 291 g/mol. The number of halogens is 1. The quantitative estimate of drug-likeness (QED) is 0.514. The van der Waals surface area contributed by atoms with Crippen LogP contribution >= 0.6 is 11.6 Å². The third kappa shape index (κ3) is 3.46. The van der Waals surface area contributed by atoms with Gasteiger partial charge in [-0.2, -0.15) is 0 Å². The van der Waals surface area contributed by atoms with E-state index in [9.17, 15) is 4.79 Å². The molecule has 0 aliphatic heterocycles. The number of aryl methyl sites for hydroxylation is 1. The van der Waals surface area contributed by atoms with Crippen LogP contribution in [0.15, 0.2) is 36.4 Å². The summed E-state index contributed by atoms with van der Waals surface area (Å²) in [5.41, 5.74) is 3.87. The average molecular weight is 292 g/mol. The van der Waals surface area contributed by atoms with E-state index in [4.69, 9.17) is 22.2 Å². The van der Waals surface area contributed by atoms with Crippen LogP contribution < -0.4 is 16.0 Å². The van der Waals surface area contributed by atoms with Crippen LogP contribution in [0.1, 0.15) is 21.7 Å². The van der Waals surface area contributed by atoms with Crippen molar-refractivity contribution < 1.29 is 9.53 Å². The molecule has 5 nitrogen and oxygen atoms in total. The predicted octanol–water partition coefficient (Wildman–Crippen LogP) is 2.23. The average Bonchev–Trinajstić information content (AvgIpc) is 2.46. The topological polar surface area (TPSA) is 77.2 Å². The summed E-state index contributed by atoms with van der Waals surface area (Å²) in [6.07, 6.45) is 0. The van der Waals surface area contributed by atoms with Crippen molar-refractivity contribution in [2.45, 2.75) is 13.5 Å². The van der Waals surface area contributed by atoms with E-state index in [0.717, 1.165) is 11.3 Å². The molecule has 0 spiro atoms. The molecule has 6 heteroatoms. The molecule has 1 heterocycles. The van der Waals surface area contributed by atoms with E-state index in [1.807, 2.05) is 18.4 Å². The molecule has 0 radical (unpaired) electrons.